The van der Waals surface area contributed by atoms with Crippen LogP contribution < -0.4 is 0 Å². The number of hydrogen-bond acceptors (Lipinski definition) is 4. The molecule has 0 spiro atoms. The predicted octanol–water partition coefficient (Wildman–Crippen LogP) is 0.377. The molecule has 3 rings (SSSR count). The van der Waals surface area contributed by atoms with Crippen molar-refractivity contribution < 1.29 is 13.2 Å². The minimum Gasteiger partial charge on any atom is -0.376 e. The van der Waals surface area contributed by atoms with Gasteiger partial charge in [0.1, 0.15) is 0 Å². The number of fused-ring (bicyclic) bond motifs is 1. The van der Waals surface area contributed by atoms with Crippen LogP contribution in [-0.2, 0) is 14.8 Å². The van der Waals surface area contributed by atoms with E-state index in [0.29, 0.717) is 24.9 Å². The fourth-order valence-corrected chi connectivity index (χ4v) is 5.25. The van der Waals surface area contributed by atoms with Gasteiger partial charge in [0, 0.05) is 25.6 Å². The number of hydrogen-bond donors (Lipinski definition) is 0. The second kappa shape index (κ2) is 4.98. The first-order valence-corrected chi connectivity index (χ1v) is 8.74. The fraction of sp³-hybridized carbons (Fsp3) is 1.00. The summed E-state index contributed by atoms with van der Waals surface area (Å²) >= 11 is 0. The van der Waals surface area contributed by atoms with Crippen LogP contribution in [0.3, 0.4) is 0 Å². The first kappa shape index (κ1) is 13.8. The molecule has 0 bridgehead atoms. The molecular formula is C13H24N2O3S. The highest BCUT2D eigenvalue weighted by Gasteiger charge is 2.47. The number of rotatable bonds is 4. The van der Waals surface area contributed by atoms with Crippen molar-refractivity contribution in [3.63, 3.8) is 0 Å². The van der Waals surface area contributed by atoms with Crippen LogP contribution >= 0.6 is 0 Å². The molecule has 0 aromatic heterocycles. The second-order valence-electron chi connectivity index (χ2n) is 6.45. The lowest BCUT2D eigenvalue weighted by Crippen LogP contribution is -2.47. The average Bonchev–Trinajstić information content (AvgIpc) is 3.13. The van der Waals surface area contributed by atoms with Crippen molar-refractivity contribution in [1.29, 1.82) is 0 Å². The maximum absolute atomic E-state index is 12.3. The van der Waals surface area contributed by atoms with Gasteiger partial charge in [-0.05, 0) is 39.3 Å². The highest BCUT2D eigenvalue weighted by atomic mass is 32.2. The summed E-state index contributed by atoms with van der Waals surface area (Å²) in [5, 5.41) is -0.0846. The van der Waals surface area contributed by atoms with Crippen molar-refractivity contribution in [2.24, 2.45) is 11.8 Å². The van der Waals surface area contributed by atoms with Crippen LogP contribution in [-0.4, -0.2) is 69.3 Å². The quantitative estimate of drug-likeness (QED) is 0.750. The number of sulfonamides is 1. The average molecular weight is 288 g/mol. The van der Waals surface area contributed by atoms with E-state index < -0.39 is 10.0 Å². The van der Waals surface area contributed by atoms with Crippen molar-refractivity contribution in [3.8, 4) is 0 Å². The highest BCUT2D eigenvalue weighted by Crippen LogP contribution is 2.38. The van der Waals surface area contributed by atoms with Gasteiger partial charge in [0.15, 0.2) is 0 Å². The summed E-state index contributed by atoms with van der Waals surface area (Å²) in [7, 11) is 1.06. The largest absolute Gasteiger partial charge is 0.376 e. The molecule has 110 valence electrons. The first-order valence-electron chi connectivity index (χ1n) is 7.24. The van der Waals surface area contributed by atoms with Crippen molar-refractivity contribution in [2.75, 3.05) is 40.3 Å². The molecule has 1 aliphatic carbocycles. The van der Waals surface area contributed by atoms with Crippen LogP contribution in [0.2, 0.25) is 0 Å². The number of piperidine rings is 1. The van der Waals surface area contributed by atoms with Crippen molar-refractivity contribution in [3.05, 3.63) is 0 Å². The third kappa shape index (κ3) is 2.68. The summed E-state index contributed by atoms with van der Waals surface area (Å²) in [5.74, 6) is 0.931. The van der Waals surface area contributed by atoms with Crippen LogP contribution in [0.5, 0.6) is 0 Å². The molecule has 3 atom stereocenters. The lowest BCUT2D eigenvalue weighted by atomic mass is 9.85. The molecule has 3 fully saturated rings. The maximum atomic E-state index is 12.3. The Bertz CT molecular complexity index is 433. The van der Waals surface area contributed by atoms with E-state index in [1.54, 1.807) is 4.31 Å². The lowest BCUT2D eigenvalue weighted by molar-refractivity contribution is 0.0638. The summed E-state index contributed by atoms with van der Waals surface area (Å²) in [6, 6.07) is 0. The summed E-state index contributed by atoms with van der Waals surface area (Å²) in [6.07, 6.45) is 2.85. The van der Waals surface area contributed by atoms with Crippen molar-refractivity contribution >= 4 is 10.0 Å². The number of ether oxygens (including phenoxy) is 1. The molecular weight excluding hydrogens is 264 g/mol. The molecule has 0 radical (unpaired) electrons. The number of likely N-dealkylation sites (N-methyl/N-ethyl adjacent to an activating group) is 1. The van der Waals surface area contributed by atoms with Gasteiger partial charge in [-0.2, -0.15) is 0 Å². The van der Waals surface area contributed by atoms with Crippen LogP contribution in [0.25, 0.3) is 0 Å². The summed E-state index contributed by atoms with van der Waals surface area (Å²) < 4.78 is 32.3. The summed E-state index contributed by atoms with van der Waals surface area (Å²) in [6.45, 7) is 3.05. The lowest BCUT2D eigenvalue weighted by Gasteiger charge is -2.35. The molecule has 2 heterocycles. The number of nitrogens with zero attached hydrogens (tertiary/aromatic N) is 2. The topological polar surface area (TPSA) is 49.9 Å². The Morgan fingerprint density at radius 1 is 1.26 bits per heavy atom. The molecule has 0 aromatic carbocycles. The minimum absolute atomic E-state index is 0.0846. The molecule has 19 heavy (non-hydrogen) atoms. The molecule has 6 heteroatoms. The monoisotopic (exact) mass is 288 g/mol. The van der Waals surface area contributed by atoms with Gasteiger partial charge in [0.05, 0.1) is 18.0 Å². The van der Waals surface area contributed by atoms with E-state index in [2.05, 4.69) is 4.90 Å². The van der Waals surface area contributed by atoms with Gasteiger partial charge >= 0.3 is 0 Å². The van der Waals surface area contributed by atoms with Gasteiger partial charge in [-0.1, -0.05) is 0 Å². The molecule has 5 nitrogen and oxygen atoms in total. The van der Waals surface area contributed by atoms with Gasteiger partial charge in [-0.25, -0.2) is 12.7 Å². The van der Waals surface area contributed by atoms with Gasteiger partial charge < -0.3 is 9.64 Å². The van der Waals surface area contributed by atoms with Crippen molar-refractivity contribution in [2.45, 2.75) is 30.6 Å². The van der Waals surface area contributed by atoms with Gasteiger partial charge in [-0.15, -0.1) is 0 Å². The van der Waals surface area contributed by atoms with Gasteiger partial charge in [0.25, 0.3) is 0 Å². The Hall–Kier alpha value is -0.170. The van der Waals surface area contributed by atoms with E-state index in [-0.39, 0.29) is 11.4 Å². The Balaban J connectivity index is 1.69. The van der Waals surface area contributed by atoms with E-state index in [1.807, 2.05) is 14.1 Å². The zero-order valence-corrected chi connectivity index (χ0v) is 12.6. The smallest absolute Gasteiger partial charge is 0.216 e. The van der Waals surface area contributed by atoms with Crippen molar-refractivity contribution in [1.82, 2.24) is 9.21 Å². The van der Waals surface area contributed by atoms with E-state index in [1.165, 1.54) is 0 Å². The van der Waals surface area contributed by atoms with Gasteiger partial charge in [0.2, 0.25) is 10.0 Å². The van der Waals surface area contributed by atoms with Crippen LogP contribution in [0.15, 0.2) is 0 Å². The molecule has 0 unspecified atom stereocenters. The molecule has 2 aliphatic heterocycles. The Morgan fingerprint density at radius 3 is 2.63 bits per heavy atom. The van der Waals surface area contributed by atoms with E-state index in [0.717, 1.165) is 32.4 Å². The standard InChI is InChI=1S/C13H24N2O3S/c1-14(2)8-13-12-7-15(6-5-10(12)9-18-13)19(16,17)11-3-4-11/h10-13H,3-9H2,1-2H3/t10-,12-,13+/m0/s1. The van der Waals surface area contributed by atoms with Crippen LogP contribution in [0, 0.1) is 11.8 Å². The second-order valence-corrected chi connectivity index (χ2v) is 8.66. The molecule has 2 saturated heterocycles. The fourth-order valence-electron chi connectivity index (χ4n) is 3.35. The molecule has 3 aliphatic rings. The van der Waals surface area contributed by atoms with Crippen LogP contribution in [0.4, 0.5) is 0 Å². The maximum Gasteiger partial charge on any atom is 0.216 e. The molecule has 1 saturated carbocycles. The zero-order chi connectivity index (χ0) is 13.6. The normalized spacial score (nSPS) is 36.7. The van der Waals surface area contributed by atoms with Crippen LogP contribution in [0.1, 0.15) is 19.3 Å². The summed E-state index contributed by atoms with van der Waals surface area (Å²) in [5.41, 5.74) is 0. The third-order valence-electron chi connectivity index (χ3n) is 4.62. The van der Waals surface area contributed by atoms with E-state index in [9.17, 15) is 8.42 Å². The Morgan fingerprint density at radius 2 is 2.00 bits per heavy atom. The zero-order valence-electron chi connectivity index (χ0n) is 11.8. The molecule has 0 N–H and O–H groups in total. The Kier molecular flexibility index (Phi) is 3.62. The third-order valence-corrected chi connectivity index (χ3v) is 6.99. The highest BCUT2D eigenvalue weighted by molar-refractivity contribution is 7.90. The Labute approximate surface area is 115 Å². The molecule has 0 amide bonds. The van der Waals surface area contributed by atoms with Gasteiger partial charge in [-0.3, -0.25) is 0 Å². The summed E-state index contributed by atoms with van der Waals surface area (Å²) in [4.78, 5) is 2.13. The van der Waals surface area contributed by atoms with E-state index >= 15 is 0 Å². The minimum atomic E-state index is -3.02. The molecule has 0 aromatic rings. The first-order chi connectivity index (χ1) is 8.98. The SMILES string of the molecule is CN(C)C[C@H]1OC[C@@H]2CCN(S(=O)(=O)C3CC3)C[C@@H]21. The predicted molar refractivity (Wildman–Crippen MR) is 73.4 cm³/mol. The van der Waals surface area contributed by atoms with E-state index in [4.69, 9.17) is 4.74 Å².